The molecular formula is C26H49NO3. The predicted molar refractivity (Wildman–Crippen MR) is 127 cm³/mol. The van der Waals surface area contributed by atoms with Gasteiger partial charge in [0.15, 0.2) is 0 Å². The molecule has 0 aliphatic carbocycles. The first kappa shape index (κ1) is 27.0. The van der Waals surface area contributed by atoms with E-state index in [9.17, 15) is 4.79 Å². The lowest BCUT2D eigenvalue weighted by atomic mass is 10.0. The summed E-state index contributed by atoms with van der Waals surface area (Å²) in [6.45, 7) is 12.3. The van der Waals surface area contributed by atoms with Crippen LogP contribution < -0.4 is 0 Å². The van der Waals surface area contributed by atoms with Crippen LogP contribution in [0.1, 0.15) is 125 Å². The van der Waals surface area contributed by atoms with Gasteiger partial charge in [-0.25, -0.2) is 4.79 Å². The van der Waals surface area contributed by atoms with Gasteiger partial charge in [-0.15, -0.1) is 0 Å². The van der Waals surface area contributed by atoms with E-state index in [-0.39, 0.29) is 12.1 Å². The summed E-state index contributed by atoms with van der Waals surface area (Å²) in [7, 11) is 0. The predicted octanol–water partition coefficient (Wildman–Crippen LogP) is 8.01. The molecule has 4 heteroatoms. The number of allylic oxidation sites excluding steroid dienone is 1. The average Bonchev–Trinajstić information content (AvgIpc) is 2.95. The van der Waals surface area contributed by atoms with E-state index in [0.717, 1.165) is 6.42 Å². The van der Waals surface area contributed by atoms with Crippen molar-refractivity contribution < 1.29 is 14.3 Å². The van der Waals surface area contributed by atoms with Gasteiger partial charge in [-0.3, -0.25) is 4.90 Å². The molecule has 1 rings (SSSR count). The van der Waals surface area contributed by atoms with Crippen LogP contribution in [0.3, 0.4) is 0 Å². The SMILES string of the molecule is CCCCCCCCCCCCCC/C=C\C1COC(C)(C)N1C(=O)OC(C)(C)C. The van der Waals surface area contributed by atoms with Crippen LogP contribution in [-0.2, 0) is 9.47 Å². The fourth-order valence-corrected chi connectivity index (χ4v) is 4.00. The van der Waals surface area contributed by atoms with Gasteiger partial charge >= 0.3 is 6.09 Å². The topological polar surface area (TPSA) is 38.8 Å². The van der Waals surface area contributed by atoms with Crippen molar-refractivity contribution in [2.24, 2.45) is 0 Å². The average molecular weight is 424 g/mol. The van der Waals surface area contributed by atoms with Crippen molar-refractivity contribution in [2.45, 2.75) is 142 Å². The highest BCUT2D eigenvalue weighted by atomic mass is 16.6. The molecule has 1 unspecified atom stereocenters. The van der Waals surface area contributed by atoms with Crippen molar-refractivity contribution in [3.8, 4) is 0 Å². The molecule has 30 heavy (non-hydrogen) atoms. The Hall–Kier alpha value is -1.03. The second-order valence-electron chi connectivity index (χ2n) is 10.3. The highest BCUT2D eigenvalue weighted by molar-refractivity contribution is 5.70. The molecule has 0 aromatic heterocycles. The van der Waals surface area contributed by atoms with Crippen molar-refractivity contribution in [1.82, 2.24) is 4.90 Å². The zero-order valence-corrected chi connectivity index (χ0v) is 20.8. The van der Waals surface area contributed by atoms with Gasteiger partial charge in [0, 0.05) is 0 Å². The monoisotopic (exact) mass is 423 g/mol. The van der Waals surface area contributed by atoms with Gasteiger partial charge in [0.1, 0.15) is 11.3 Å². The molecule has 1 amide bonds. The van der Waals surface area contributed by atoms with Crippen molar-refractivity contribution in [2.75, 3.05) is 6.61 Å². The summed E-state index contributed by atoms with van der Waals surface area (Å²) in [5, 5.41) is 0. The minimum Gasteiger partial charge on any atom is -0.444 e. The van der Waals surface area contributed by atoms with Gasteiger partial charge in [0.2, 0.25) is 0 Å². The lowest BCUT2D eigenvalue weighted by molar-refractivity contribution is -0.0610. The van der Waals surface area contributed by atoms with Crippen molar-refractivity contribution in [3.63, 3.8) is 0 Å². The first-order valence-electron chi connectivity index (χ1n) is 12.5. The number of ether oxygens (including phenoxy) is 2. The van der Waals surface area contributed by atoms with Crippen LogP contribution >= 0.6 is 0 Å². The lowest BCUT2D eigenvalue weighted by Crippen LogP contribution is -2.49. The molecule has 0 saturated carbocycles. The number of amides is 1. The zero-order valence-electron chi connectivity index (χ0n) is 20.8. The molecule has 1 aliphatic heterocycles. The fourth-order valence-electron chi connectivity index (χ4n) is 4.00. The van der Waals surface area contributed by atoms with E-state index in [1.807, 2.05) is 34.6 Å². The maximum Gasteiger partial charge on any atom is 0.413 e. The quantitative estimate of drug-likeness (QED) is 0.210. The third kappa shape index (κ3) is 11.4. The summed E-state index contributed by atoms with van der Waals surface area (Å²) in [5.74, 6) is 0. The van der Waals surface area contributed by atoms with Crippen molar-refractivity contribution in [1.29, 1.82) is 0 Å². The minimum absolute atomic E-state index is 0.0489. The Kier molecular flexibility index (Phi) is 12.7. The van der Waals surface area contributed by atoms with Gasteiger partial charge in [-0.1, -0.05) is 89.7 Å². The number of rotatable bonds is 14. The molecule has 1 saturated heterocycles. The molecule has 4 nitrogen and oxygen atoms in total. The summed E-state index contributed by atoms with van der Waals surface area (Å²) >= 11 is 0. The van der Waals surface area contributed by atoms with Crippen LogP contribution in [0, 0.1) is 0 Å². The van der Waals surface area contributed by atoms with E-state index in [4.69, 9.17) is 9.47 Å². The Morgan fingerprint density at radius 2 is 1.47 bits per heavy atom. The maximum absolute atomic E-state index is 12.6. The van der Waals surface area contributed by atoms with Gasteiger partial charge < -0.3 is 9.47 Å². The Morgan fingerprint density at radius 3 is 1.97 bits per heavy atom. The van der Waals surface area contributed by atoms with Crippen LogP contribution in [0.5, 0.6) is 0 Å². The van der Waals surface area contributed by atoms with E-state index in [2.05, 4.69) is 19.1 Å². The molecule has 1 fully saturated rings. The molecule has 0 spiro atoms. The van der Waals surface area contributed by atoms with Crippen LogP contribution in [-0.4, -0.2) is 35.0 Å². The molecule has 1 aliphatic rings. The van der Waals surface area contributed by atoms with Crippen molar-refractivity contribution >= 4 is 6.09 Å². The molecule has 0 N–H and O–H groups in total. The molecule has 0 radical (unpaired) electrons. The molecule has 0 bridgehead atoms. The number of unbranched alkanes of at least 4 members (excludes halogenated alkanes) is 12. The van der Waals surface area contributed by atoms with E-state index in [1.165, 1.54) is 77.0 Å². The van der Waals surface area contributed by atoms with E-state index in [0.29, 0.717) is 6.61 Å². The van der Waals surface area contributed by atoms with E-state index >= 15 is 0 Å². The summed E-state index contributed by atoms with van der Waals surface area (Å²) in [5.41, 5.74) is -1.13. The second kappa shape index (κ2) is 14.1. The van der Waals surface area contributed by atoms with Crippen LogP contribution in [0.4, 0.5) is 4.79 Å². The van der Waals surface area contributed by atoms with Gasteiger partial charge in [-0.05, 0) is 47.5 Å². The third-order valence-electron chi connectivity index (χ3n) is 5.69. The lowest BCUT2D eigenvalue weighted by Gasteiger charge is -2.34. The largest absolute Gasteiger partial charge is 0.444 e. The molecule has 0 aromatic carbocycles. The fraction of sp³-hybridized carbons (Fsp3) is 0.885. The number of carbonyl (C=O) groups is 1. The van der Waals surface area contributed by atoms with Gasteiger partial charge in [0.25, 0.3) is 0 Å². The Labute approximate surface area is 186 Å². The van der Waals surface area contributed by atoms with E-state index < -0.39 is 11.3 Å². The summed E-state index contributed by atoms with van der Waals surface area (Å²) in [6, 6.07) is -0.0489. The normalized spacial score (nSPS) is 19.0. The van der Waals surface area contributed by atoms with E-state index in [1.54, 1.807) is 4.90 Å². The van der Waals surface area contributed by atoms with Gasteiger partial charge in [0.05, 0.1) is 12.6 Å². The Balaban J connectivity index is 2.16. The van der Waals surface area contributed by atoms with Crippen LogP contribution in [0.25, 0.3) is 0 Å². The third-order valence-corrected chi connectivity index (χ3v) is 5.69. The van der Waals surface area contributed by atoms with Gasteiger partial charge in [-0.2, -0.15) is 0 Å². The number of carbonyl (C=O) groups excluding carboxylic acids is 1. The smallest absolute Gasteiger partial charge is 0.413 e. The highest BCUT2D eigenvalue weighted by Gasteiger charge is 2.44. The summed E-state index contributed by atoms with van der Waals surface area (Å²) in [6.07, 6.45) is 21.5. The van der Waals surface area contributed by atoms with Crippen LogP contribution in [0.2, 0.25) is 0 Å². The summed E-state index contributed by atoms with van der Waals surface area (Å²) < 4.78 is 11.4. The first-order valence-corrected chi connectivity index (χ1v) is 12.5. The Morgan fingerprint density at radius 1 is 0.967 bits per heavy atom. The molecule has 0 aromatic rings. The molecular weight excluding hydrogens is 374 g/mol. The van der Waals surface area contributed by atoms with Crippen LogP contribution in [0.15, 0.2) is 12.2 Å². The number of hydrogen-bond donors (Lipinski definition) is 0. The maximum atomic E-state index is 12.6. The molecule has 1 atom stereocenters. The molecule has 176 valence electrons. The second-order valence-corrected chi connectivity index (χ2v) is 10.3. The molecule has 1 heterocycles. The first-order chi connectivity index (χ1) is 14.2. The Bertz CT molecular complexity index is 493. The summed E-state index contributed by atoms with van der Waals surface area (Å²) in [4.78, 5) is 14.4. The number of hydrogen-bond acceptors (Lipinski definition) is 3. The van der Waals surface area contributed by atoms with Crippen molar-refractivity contribution in [3.05, 3.63) is 12.2 Å². The number of nitrogens with zero attached hydrogens (tertiary/aromatic N) is 1. The minimum atomic E-state index is -0.632. The zero-order chi connectivity index (χ0) is 22.5. The standard InChI is InChI=1S/C26H49NO3/c1-7-8-9-10-11-12-13-14-15-16-17-18-19-20-21-23-22-29-26(5,6)27(23)24(28)30-25(2,3)4/h20-21,23H,7-19,22H2,1-6H3/b21-20-. The highest BCUT2D eigenvalue weighted by Crippen LogP contribution is 2.30.